The van der Waals surface area contributed by atoms with E-state index in [9.17, 15) is 0 Å². The average Bonchev–Trinajstić information content (AvgIpc) is 2.77. The smallest absolute Gasteiger partial charge is 0.135 e. The molecular formula is C13H13ClINO. The summed E-state index contributed by atoms with van der Waals surface area (Å²) in [5.74, 6) is 1.82. The zero-order chi connectivity index (χ0) is 12.4. The third-order valence-electron chi connectivity index (χ3n) is 2.68. The molecule has 0 aliphatic carbocycles. The number of benzene rings is 1. The molecule has 1 unspecified atom stereocenters. The Morgan fingerprint density at radius 2 is 2.06 bits per heavy atom. The fourth-order valence-corrected chi connectivity index (χ4v) is 2.70. The summed E-state index contributed by atoms with van der Waals surface area (Å²) in [7, 11) is 1.92. The summed E-state index contributed by atoms with van der Waals surface area (Å²) in [6, 6.07) is 10.0. The first-order valence-electron chi connectivity index (χ1n) is 5.34. The van der Waals surface area contributed by atoms with Gasteiger partial charge in [0.05, 0.1) is 6.04 Å². The molecular weight excluding hydrogens is 349 g/mol. The minimum Gasteiger partial charge on any atom is -0.459 e. The van der Waals surface area contributed by atoms with Crippen molar-refractivity contribution in [3.05, 3.63) is 44.7 Å². The van der Waals surface area contributed by atoms with Crippen molar-refractivity contribution in [2.24, 2.45) is 0 Å². The van der Waals surface area contributed by atoms with Crippen LogP contribution in [0.25, 0.3) is 11.3 Å². The Bertz CT molecular complexity index is 524. The molecule has 0 saturated carbocycles. The molecule has 2 rings (SSSR count). The Labute approximate surface area is 119 Å². The van der Waals surface area contributed by atoms with Crippen molar-refractivity contribution in [2.75, 3.05) is 7.05 Å². The van der Waals surface area contributed by atoms with Crippen molar-refractivity contribution in [1.82, 2.24) is 5.32 Å². The van der Waals surface area contributed by atoms with Crippen molar-refractivity contribution in [3.63, 3.8) is 0 Å². The van der Waals surface area contributed by atoms with Gasteiger partial charge in [0, 0.05) is 14.2 Å². The maximum atomic E-state index is 5.94. The minimum absolute atomic E-state index is 0.216. The lowest BCUT2D eigenvalue weighted by Gasteiger charge is -2.06. The van der Waals surface area contributed by atoms with E-state index in [1.807, 2.05) is 37.4 Å². The van der Waals surface area contributed by atoms with E-state index in [2.05, 4.69) is 34.8 Å². The number of rotatable bonds is 3. The van der Waals surface area contributed by atoms with Crippen molar-refractivity contribution >= 4 is 34.2 Å². The highest BCUT2D eigenvalue weighted by molar-refractivity contribution is 14.1. The second kappa shape index (κ2) is 5.42. The zero-order valence-electron chi connectivity index (χ0n) is 9.63. The monoisotopic (exact) mass is 361 g/mol. The van der Waals surface area contributed by atoms with E-state index < -0.39 is 0 Å². The van der Waals surface area contributed by atoms with E-state index in [0.29, 0.717) is 0 Å². The average molecular weight is 362 g/mol. The van der Waals surface area contributed by atoms with Gasteiger partial charge in [0.2, 0.25) is 0 Å². The summed E-state index contributed by atoms with van der Waals surface area (Å²) in [4.78, 5) is 0. The number of nitrogens with one attached hydrogen (secondary N) is 1. The van der Waals surface area contributed by atoms with Crippen molar-refractivity contribution < 1.29 is 4.42 Å². The van der Waals surface area contributed by atoms with Crippen LogP contribution in [-0.4, -0.2) is 7.05 Å². The van der Waals surface area contributed by atoms with Crippen molar-refractivity contribution in [3.8, 4) is 11.3 Å². The molecule has 0 saturated heterocycles. The molecule has 1 N–H and O–H groups in total. The topological polar surface area (TPSA) is 25.2 Å². The first-order chi connectivity index (χ1) is 8.11. The van der Waals surface area contributed by atoms with E-state index in [4.69, 9.17) is 16.0 Å². The van der Waals surface area contributed by atoms with Crippen LogP contribution in [0.5, 0.6) is 0 Å². The fourth-order valence-electron chi connectivity index (χ4n) is 1.56. The molecule has 0 amide bonds. The number of halogens is 2. The van der Waals surface area contributed by atoms with Gasteiger partial charge in [-0.3, -0.25) is 0 Å². The highest BCUT2D eigenvalue weighted by atomic mass is 127. The van der Waals surface area contributed by atoms with Crippen LogP contribution in [0.15, 0.2) is 34.7 Å². The molecule has 2 nitrogen and oxygen atoms in total. The first-order valence-corrected chi connectivity index (χ1v) is 6.80. The van der Waals surface area contributed by atoms with E-state index in [1.54, 1.807) is 0 Å². The Morgan fingerprint density at radius 1 is 1.29 bits per heavy atom. The number of hydrogen-bond acceptors (Lipinski definition) is 2. The van der Waals surface area contributed by atoms with Crippen LogP contribution in [0.4, 0.5) is 0 Å². The van der Waals surface area contributed by atoms with Crippen LogP contribution < -0.4 is 5.32 Å². The fraction of sp³-hybridized carbons (Fsp3) is 0.231. The minimum atomic E-state index is 0.216. The van der Waals surface area contributed by atoms with Crippen molar-refractivity contribution in [2.45, 2.75) is 13.0 Å². The molecule has 4 heteroatoms. The molecule has 1 aromatic carbocycles. The van der Waals surface area contributed by atoms with Crippen LogP contribution in [0.1, 0.15) is 18.7 Å². The van der Waals surface area contributed by atoms with Gasteiger partial charge in [0.15, 0.2) is 0 Å². The summed E-state index contributed by atoms with van der Waals surface area (Å²) in [6.45, 7) is 2.06. The predicted molar refractivity (Wildman–Crippen MR) is 79.3 cm³/mol. The normalized spacial score (nSPS) is 12.7. The summed E-state index contributed by atoms with van der Waals surface area (Å²) >= 11 is 8.20. The van der Waals surface area contributed by atoms with Gasteiger partial charge in [0.1, 0.15) is 11.5 Å². The molecule has 17 heavy (non-hydrogen) atoms. The lowest BCUT2D eigenvalue weighted by molar-refractivity contribution is 0.458. The maximum absolute atomic E-state index is 5.94. The molecule has 0 fully saturated rings. The molecule has 0 aliphatic rings. The lowest BCUT2D eigenvalue weighted by Crippen LogP contribution is -2.11. The molecule has 2 aromatic rings. The molecule has 1 atom stereocenters. The van der Waals surface area contributed by atoms with Crippen LogP contribution in [0.2, 0.25) is 5.02 Å². The largest absolute Gasteiger partial charge is 0.459 e. The quantitative estimate of drug-likeness (QED) is 0.815. The second-order valence-corrected chi connectivity index (χ2v) is 5.44. The number of hydrogen-bond donors (Lipinski definition) is 1. The van der Waals surface area contributed by atoms with Gasteiger partial charge in [-0.1, -0.05) is 11.6 Å². The maximum Gasteiger partial charge on any atom is 0.135 e. The van der Waals surface area contributed by atoms with E-state index >= 15 is 0 Å². The van der Waals surface area contributed by atoms with E-state index in [0.717, 1.165) is 25.7 Å². The van der Waals surface area contributed by atoms with Gasteiger partial charge in [-0.15, -0.1) is 0 Å². The molecule has 1 aromatic heterocycles. The molecule has 0 aliphatic heterocycles. The summed E-state index contributed by atoms with van der Waals surface area (Å²) in [5, 5.41) is 3.90. The number of furan rings is 1. The Kier molecular flexibility index (Phi) is 4.12. The Balaban J connectivity index is 2.37. The van der Waals surface area contributed by atoms with Gasteiger partial charge in [-0.05, 0) is 66.9 Å². The first kappa shape index (κ1) is 12.9. The Hall–Kier alpha value is -0.520. The SMILES string of the molecule is CNC(C)c1ccc(-c2ccc(Cl)cc2I)o1. The highest BCUT2D eigenvalue weighted by Crippen LogP contribution is 2.30. The molecule has 0 bridgehead atoms. The van der Waals surface area contributed by atoms with E-state index in [-0.39, 0.29) is 6.04 Å². The van der Waals surface area contributed by atoms with Crippen LogP contribution in [0.3, 0.4) is 0 Å². The third-order valence-corrected chi connectivity index (χ3v) is 3.81. The predicted octanol–water partition coefficient (Wildman–Crippen LogP) is 4.49. The van der Waals surface area contributed by atoms with Gasteiger partial charge in [-0.2, -0.15) is 0 Å². The lowest BCUT2D eigenvalue weighted by atomic mass is 10.2. The van der Waals surface area contributed by atoms with Crippen LogP contribution in [0, 0.1) is 3.57 Å². The van der Waals surface area contributed by atoms with E-state index in [1.165, 1.54) is 0 Å². The second-order valence-electron chi connectivity index (χ2n) is 3.84. The summed E-state index contributed by atoms with van der Waals surface area (Å²) in [5.41, 5.74) is 1.07. The van der Waals surface area contributed by atoms with Gasteiger partial charge in [-0.25, -0.2) is 0 Å². The van der Waals surface area contributed by atoms with Crippen LogP contribution in [-0.2, 0) is 0 Å². The van der Waals surface area contributed by atoms with Crippen LogP contribution >= 0.6 is 34.2 Å². The molecule has 0 radical (unpaired) electrons. The van der Waals surface area contributed by atoms with Gasteiger partial charge >= 0.3 is 0 Å². The van der Waals surface area contributed by atoms with Crippen molar-refractivity contribution in [1.29, 1.82) is 0 Å². The summed E-state index contributed by atoms with van der Waals surface area (Å²) < 4.78 is 6.92. The van der Waals surface area contributed by atoms with Gasteiger partial charge < -0.3 is 9.73 Å². The third kappa shape index (κ3) is 2.84. The Morgan fingerprint density at radius 3 is 2.71 bits per heavy atom. The molecule has 90 valence electrons. The van der Waals surface area contributed by atoms with Gasteiger partial charge in [0.25, 0.3) is 0 Å². The molecule has 1 heterocycles. The summed E-state index contributed by atoms with van der Waals surface area (Å²) in [6.07, 6.45) is 0. The molecule has 0 spiro atoms. The standard InChI is InChI=1S/C13H13ClINO/c1-8(16-2)12-5-6-13(17-12)10-4-3-9(14)7-11(10)15/h3-8,16H,1-2H3. The zero-order valence-corrected chi connectivity index (χ0v) is 12.5. The highest BCUT2D eigenvalue weighted by Gasteiger charge is 2.11.